The highest BCUT2D eigenvalue weighted by Gasteiger charge is 2.22. The Bertz CT molecular complexity index is 969. The summed E-state index contributed by atoms with van der Waals surface area (Å²) in [6, 6.07) is 7.97. The van der Waals surface area contributed by atoms with Gasteiger partial charge in [-0.25, -0.2) is 9.97 Å². The van der Waals surface area contributed by atoms with Crippen molar-refractivity contribution < 1.29 is 4.79 Å². The Hall–Kier alpha value is -1.83. The number of halogens is 1. The number of hydrogen-bond acceptors (Lipinski definition) is 6. The van der Waals surface area contributed by atoms with Crippen molar-refractivity contribution in [2.75, 3.05) is 36.8 Å². The summed E-state index contributed by atoms with van der Waals surface area (Å²) in [7, 11) is 0. The molecular formula is C19H19ClN4OS2. The monoisotopic (exact) mass is 418 g/mol. The van der Waals surface area contributed by atoms with Gasteiger partial charge in [-0.3, -0.25) is 4.79 Å². The molecule has 5 nitrogen and oxygen atoms in total. The van der Waals surface area contributed by atoms with Crippen LogP contribution >= 0.6 is 34.7 Å². The minimum absolute atomic E-state index is 0.157. The summed E-state index contributed by atoms with van der Waals surface area (Å²) in [4.78, 5) is 26.4. The molecule has 0 aliphatic carbocycles. The van der Waals surface area contributed by atoms with Crippen LogP contribution in [0.15, 0.2) is 41.0 Å². The first-order valence-electron chi connectivity index (χ1n) is 8.72. The zero-order chi connectivity index (χ0) is 18.8. The van der Waals surface area contributed by atoms with Crippen LogP contribution < -0.4 is 4.90 Å². The number of carbonyl (C=O) groups is 1. The van der Waals surface area contributed by atoms with Crippen molar-refractivity contribution in [3.8, 4) is 0 Å². The molecule has 1 aliphatic heterocycles. The Morgan fingerprint density at radius 2 is 2.04 bits per heavy atom. The van der Waals surface area contributed by atoms with Crippen LogP contribution in [0.3, 0.4) is 0 Å². The minimum atomic E-state index is 0.157. The summed E-state index contributed by atoms with van der Waals surface area (Å²) in [6.07, 6.45) is 1.57. The van der Waals surface area contributed by atoms with Crippen molar-refractivity contribution in [2.45, 2.75) is 11.9 Å². The number of aryl methyl sites for hydroxylation is 1. The number of fused-ring (bicyclic) bond motifs is 1. The summed E-state index contributed by atoms with van der Waals surface area (Å²) < 4.78 is 0. The lowest BCUT2D eigenvalue weighted by molar-refractivity contribution is -0.128. The average Bonchev–Trinajstić information content (AvgIpc) is 3.17. The SMILES string of the molecule is Cc1ccc(Cl)cc1N1CCN(C(=O)CSc2ncnc3sccc23)CC1. The quantitative estimate of drug-likeness (QED) is 0.471. The molecule has 27 heavy (non-hydrogen) atoms. The number of benzene rings is 1. The van der Waals surface area contributed by atoms with Crippen molar-refractivity contribution in [1.82, 2.24) is 14.9 Å². The van der Waals surface area contributed by atoms with Gasteiger partial charge < -0.3 is 9.80 Å². The van der Waals surface area contributed by atoms with Gasteiger partial charge in [0.05, 0.1) is 5.75 Å². The third kappa shape index (κ3) is 4.05. The van der Waals surface area contributed by atoms with Gasteiger partial charge in [0.25, 0.3) is 0 Å². The summed E-state index contributed by atoms with van der Waals surface area (Å²) in [6.45, 7) is 5.18. The smallest absolute Gasteiger partial charge is 0.233 e. The Labute approximate surface area is 171 Å². The lowest BCUT2D eigenvalue weighted by Gasteiger charge is -2.36. The van der Waals surface area contributed by atoms with Crippen molar-refractivity contribution in [1.29, 1.82) is 0 Å². The van der Waals surface area contributed by atoms with Crippen molar-refractivity contribution >= 4 is 56.5 Å². The van der Waals surface area contributed by atoms with E-state index in [2.05, 4.69) is 21.8 Å². The van der Waals surface area contributed by atoms with Crippen LogP contribution in [0.2, 0.25) is 5.02 Å². The van der Waals surface area contributed by atoms with Crippen LogP contribution in [0.25, 0.3) is 10.2 Å². The van der Waals surface area contributed by atoms with Gasteiger partial charge in [0.15, 0.2) is 0 Å². The summed E-state index contributed by atoms with van der Waals surface area (Å²) in [5.74, 6) is 0.558. The van der Waals surface area contributed by atoms with Crippen LogP contribution in [0.1, 0.15) is 5.56 Å². The predicted molar refractivity (Wildman–Crippen MR) is 113 cm³/mol. The van der Waals surface area contributed by atoms with E-state index in [0.717, 1.165) is 52.1 Å². The number of thiophene rings is 1. The lowest BCUT2D eigenvalue weighted by atomic mass is 10.1. The molecule has 0 unspecified atom stereocenters. The number of rotatable bonds is 4. The Balaban J connectivity index is 1.35. The number of anilines is 1. The van der Waals surface area contributed by atoms with Gasteiger partial charge >= 0.3 is 0 Å². The minimum Gasteiger partial charge on any atom is -0.368 e. The van der Waals surface area contributed by atoms with Crippen molar-refractivity contribution in [2.24, 2.45) is 0 Å². The molecule has 0 atom stereocenters. The molecular weight excluding hydrogens is 400 g/mol. The number of carbonyl (C=O) groups excluding carboxylic acids is 1. The Morgan fingerprint density at radius 1 is 1.22 bits per heavy atom. The highest BCUT2D eigenvalue weighted by Crippen LogP contribution is 2.28. The summed E-state index contributed by atoms with van der Waals surface area (Å²) in [5.41, 5.74) is 2.36. The van der Waals surface area contributed by atoms with Gasteiger partial charge in [0.1, 0.15) is 16.2 Å². The first kappa shape index (κ1) is 18.5. The summed E-state index contributed by atoms with van der Waals surface area (Å²) >= 11 is 9.22. The standard InChI is InChI=1S/C19H19ClN4OS2/c1-13-2-3-14(20)10-16(13)23-5-7-24(8-6-23)17(25)11-27-19-15-4-9-26-18(15)21-12-22-19/h2-4,9-10,12H,5-8,11H2,1H3. The van der Waals surface area contributed by atoms with E-state index in [0.29, 0.717) is 5.75 Å². The van der Waals surface area contributed by atoms with Crippen LogP contribution in [0.5, 0.6) is 0 Å². The van der Waals surface area contributed by atoms with E-state index in [1.54, 1.807) is 17.7 Å². The molecule has 1 aromatic carbocycles. The number of amides is 1. The lowest BCUT2D eigenvalue weighted by Crippen LogP contribution is -2.49. The molecule has 4 rings (SSSR count). The third-order valence-electron chi connectivity index (χ3n) is 4.70. The average molecular weight is 419 g/mol. The van der Waals surface area contributed by atoms with Crippen LogP contribution in [-0.4, -0.2) is 52.7 Å². The van der Waals surface area contributed by atoms with E-state index in [1.165, 1.54) is 17.3 Å². The zero-order valence-electron chi connectivity index (χ0n) is 14.9. The fourth-order valence-corrected chi connectivity index (χ4v) is 5.07. The Kier molecular flexibility index (Phi) is 5.52. The first-order chi connectivity index (χ1) is 13.1. The maximum atomic E-state index is 12.6. The molecule has 0 bridgehead atoms. The van der Waals surface area contributed by atoms with Crippen molar-refractivity contribution in [3.05, 3.63) is 46.6 Å². The van der Waals surface area contributed by atoms with E-state index < -0.39 is 0 Å². The summed E-state index contributed by atoms with van der Waals surface area (Å²) in [5, 5.41) is 4.65. The molecule has 1 aliphatic rings. The van der Waals surface area contributed by atoms with E-state index in [9.17, 15) is 4.79 Å². The second-order valence-corrected chi connectivity index (χ2v) is 8.70. The van der Waals surface area contributed by atoms with E-state index in [-0.39, 0.29) is 5.91 Å². The molecule has 3 heterocycles. The number of piperazine rings is 1. The fourth-order valence-electron chi connectivity index (χ4n) is 3.22. The Morgan fingerprint density at radius 3 is 2.85 bits per heavy atom. The number of hydrogen-bond donors (Lipinski definition) is 0. The number of nitrogens with zero attached hydrogens (tertiary/aromatic N) is 4. The molecule has 140 valence electrons. The molecule has 0 N–H and O–H groups in total. The molecule has 2 aromatic heterocycles. The molecule has 1 saturated heterocycles. The van der Waals surface area contributed by atoms with E-state index in [1.807, 2.05) is 34.5 Å². The molecule has 0 saturated carbocycles. The fraction of sp³-hybridized carbons (Fsp3) is 0.316. The molecule has 0 spiro atoms. The maximum absolute atomic E-state index is 12.6. The predicted octanol–water partition coefficient (Wildman–Crippen LogP) is 4.09. The second kappa shape index (κ2) is 8.04. The van der Waals surface area contributed by atoms with E-state index in [4.69, 9.17) is 11.6 Å². The van der Waals surface area contributed by atoms with Gasteiger partial charge in [-0.15, -0.1) is 11.3 Å². The first-order valence-corrected chi connectivity index (χ1v) is 11.0. The van der Waals surface area contributed by atoms with Gasteiger partial charge in [-0.1, -0.05) is 29.4 Å². The number of aromatic nitrogens is 2. The highest BCUT2D eigenvalue weighted by atomic mass is 35.5. The molecule has 1 fully saturated rings. The van der Waals surface area contributed by atoms with E-state index >= 15 is 0 Å². The van der Waals surface area contributed by atoms with Gasteiger partial charge in [-0.05, 0) is 36.1 Å². The van der Waals surface area contributed by atoms with Gasteiger partial charge in [0, 0.05) is 42.3 Å². The van der Waals surface area contributed by atoms with Crippen molar-refractivity contribution in [3.63, 3.8) is 0 Å². The maximum Gasteiger partial charge on any atom is 0.233 e. The molecule has 8 heteroatoms. The van der Waals surface area contributed by atoms with Crippen LogP contribution in [0.4, 0.5) is 5.69 Å². The second-order valence-electron chi connectivity index (χ2n) is 6.41. The van der Waals surface area contributed by atoms with Crippen LogP contribution in [0, 0.1) is 6.92 Å². The third-order valence-corrected chi connectivity index (χ3v) is 6.75. The zero-order valence-corrected chi connectivity index (χ0v) is 17.3. The highest BCUT2D eigenvalue weighted by molar-refractivity contribution is 8.00. The van der Waals surface area contributed by atoms with Crippen LogP contribution in [-0.2, 0) is 4.79 Å². The molecule has 0 radical (unpaired) electrons. The molecule has 1 amide bonds. The number of thioether (sulfide) groups is 1. The largest absolute Gasteiger partial charge is 0.368 e. The normalized spacial score (nSPS) is 14.7. The topological polar surface area (TPSA) is 49.3 Å². The van der Waals surface area contributed by atoms with Gasteiger partial charge in [-0.2, -0.15) is 0 Å². The van der Waals surface area contributed by atoms with Gasteiger partial charge in [0.2, 0.25) is 5.91 Å². The molecule has 3 aromatic rings.